The van der Waals surface area contributed by atoms with Crippen molar-refractivity contribution in [3.05, 3.63) is 69.1 Å². The van der Waals surface area contributed by atoms with E-state index in [2.05, 4.69) is 13.2 Å². The van der Waals surface area contributed by atoms with Gasteiger partial charge in [0, 0.05) is 16.7 Å². The van der Waals surface area contributed by atoms with Crippen LogP contribution in [0.2, 0.25) is 0 Å². The normalized spacial score (nSPS) is 35.4. The van der Waals surface area contributed by atoms with E-state index in [9.17, 15) is 19.2 Å². The quantitative estimate of drug-likeness (QED) is 0.233. The lowest BCUT2D eigenvalue weighted by Gasteiger charge is -2.67. The van der Waals surface area contributed by atoms with Crippen molar-refractivity contribution in [1.82, 2.24) is 0 Å². The van der Waals surface area contributed by atoms with Crippen LogP contribution in [0.15, 0.2) is 59.3 Å². The Morgan fingerprint density at radius 3 is 2.15 bits per heavy atom. The fraction of sp³-hybridized carbons (Fsp3) is 0.484. The van der Waals surface area contributed by atoms with E-state index in [1.807, 2.05) is 23.8 Å². The Labute approximate surface area is 236 Å². The molecule has 0 aromatic carbocycles. The van der Waals surface area contributed by atoms with Crippen LogP contribution in [0.25, 0.3) is 0 Å². The van der Waals surface area contributed by atoms with Gasteiger partial charge in [0.2, 0.25) is 0 Å². The third-order valence-electron chi connectivity index (χ3n) is 10.0. The van der Waals surface area contributed by atoms with E-state index >= 15 is 0 Å². The van der Waals surface area contributed by atoms with Gasteiger partial charge in [-0.2, -0.15) is 0 Å². The summed E-state index contributed by atoms with van der Waals surface area (Å²) in [6, 6.07) is 7.08. The second kappa shape index (κ2) is 9.37. The van der Waals surface area contributed by atoms with Gasteiger partial charge in [-0.15, -0.1) is 22.7 Å². The zero-order chi connectivity index (χ0) is 27.6. The summed E-state index contributed by atoms with van der Waals surface area (Å²) >= 11 is 2.64. The summed E-state index contributed by atoms with van der Waals surface area (Å²) in [4.78, 5) is 55.0. The number of carbonyl (C=O) groups is 4. The molecule has 5 aliphatic rings. The van der Waals surface area contributed by atoms with Crippen molar-refractivity contribution in [3.8, 4) is 0 Å². The second-order valence-corrected chi connectivity index (χ2v) is 13.9. The standard InChI is InChI=1S/C31H32O6S2/c1-18-20-9-12-31(25(18)32)23(15-20)30(17-37-28(35)22-8-5-14-39-22)11-6-10-29(3,24(30)19(2)26(31)33)16-36-27(34)21-7-4-13-38-21/h4-5,7-8,13-14,20,23-24H,1-2,6,9-12,15-17H2,3H3/t20-,23?,24?,29-,30+,31-/m0/s1. The molecular weight excluding hydrogens is 532 g/mol. The Kier molecular flexibility index (Phi) is 6.34. The molecule has 6 nitrogen and oxygen atoms in total. The zero-order valence-electron chi connectivity index (χ0n) is 22.0. The maximum Gasteiger partial charge on any atom is 0.348 e. The number of hydrogen-bond acceptors (Lipinski definition) is 8. The molecule has 2 aromatic rings. The van der Waals surface area contributed by atoms with Crippen molar-refractivity contribution in [1.29, 1.82) is 0 Å². The highest BCUT2D eigenvalue weighted by atomic mass is 32.1. The van der Waals surface area contributed by atoms with Gasteiger partial charge < -0.3 is 9.47 Å². The molecule has 0 radical (unpaired) electrons. The van der Waals surface area contributed by atoms with Crippen molar-refractivity contribution >= 4 is 46.2 Å². The van der Waals surface area contributed by atoms with Crippen LogP contribution in [0.4, 0.5) is 0 Å². The molecule has 2 unspecified atom stereocenters. The summed E-state index contributed by atoms with van der Waals surface area (Å²) in [5, 5.41) is 3.66. The first-order valence-corrected chi connectivity index (χ1v) is 15.3. The Bertz CT molecular complexity index is 1370. The van der Waals surface area contributed by atoms with Crippen molar-refractivity contribution < 1.29 is 28.7 Å². The van der Waals surface area contributed by atoms with E-state index in [0.29, 0.717) is 40.2 Å². The van der Waals surface area contributed by atoms with Crippen LogP contribution >= 0.6 is 22.7 Å². The number of esters is 2. The van der Waals surface area contributed by atoms with Gasteiger partial charge in [0.15, 0.2) is 11.6 Å². The number of carbonyl (C=O) groups excluding carboxylic acids is 4. The lowest BCUT2D eigenvalue weighted by Crippen LogP contribution is -2.69. The number of ether oxygens (including phenoxy) is 2. The minimum absolute atomic E-state index is 0.0268. The van der Waals surface area contributed by atoms with Gasteiger partial charge in [-0.3, -0.25) is 9.59 Å². The number of ketones is 2. The highest BCUT2D eigenvalue weighted by Gasteiger charge is 2.73. The predicted molar refractivity (Wildman–Crippen MR) is 149 cm³/mol. The maximum atomic E-state index is 14.3. The highest BCUT2D eigenvalue weighted by molar-refractivity contribution is 7.12. The van der Waals surface area contributed by atoms with E-state index in [-0.39, 0.29) is 42.6 Å². The minimum Gasteiger partial charge on any atom is -0.461 e. The van der Waals surface area contributed by atoms with Crippen molar-refractivity contribution in [3.63, 3.8) is 0 Å². The molecule has 5 aliphatic carbocycles. The van der Waals surface area contributed by atoms with Crippen molar-refractivity contribution in [2.75, 3.05) is 13.2 Å². The van der Waals surface area contributed by atoms with Crippen LogP contribution in [0, 0.1) is 34.0 Å². The van der Waals surface area contributed by atoms with E-state index < -0.39 is 28.1 Å². The van der Waals surface area contributed by atoms with Crippen LogP contribution in [-0.4, -0.2) is 36.7 Å². The molecule has 1 spiro atoms. The first-order chi connectivity index (χ1) is 18.6. The molecular formula is C31H32O6S2. The summed E-state index contributed by atoms with van der Waals surface area (Å²) in [7, 11) is 0. The van der Waals surface area contributed by atoms with Gasteiger partial charge in [0.25, 0.3) is 0 Å². The van der Waals surface area contributed by atoms with Crippen LogP contribution in [0.5, 0.6) is 0 Å². The smallest absolute Gasteiger partial charge is 0.348 e. The number of rotatable bonds is 6. The van der Waals surface area contributed by atoms with Gasteiger partial charge in [-0.25, -0.2) is 9.59 Å². The summed E-state index contributed by atoms with van der Waals surface area (Å²) in [6.45, 7) is 10.7. The average molecular weight is 565 g/mol. The van der Waals surface area contributed by atoms with E-state index in [0.717, 1.165) is 19.3 Å². The molecule has 7 rings (SSSR count). The van der Waals surface area contributed by atoms with Crippen LogP contribution in [0.3, 0.4) is 0 Å². The second-order valence-electron chi connectivity index (χ2n) is 12.0. The molecule has 5 fully saturated rings. The molecule has 8 heteroatoms. The van der Waals surface area contributed by atoms with Crippen LogP contribution < -0.4 is 0 Å². The Morgan fingerprint density at radius 2 is 1.54 bits per heavy atom. The first-order valence-electron chi connectivity index (χ1n) is 13.5. The molecule has 5 saturated carbocycles. The predicted octanol–water partition coefficient (Wildman–Crippen LogP) is 6.30. The van der Waals surface area contributed by atoms with E-state index in [4.69, 9.17) is 9.47 Å². The van der Waals surface area contributed by atoms with E-state index in [1.54, 1.807) is 18.2 Å². The number of thiophene rings is 2. The lowest BCUT2D eigenvalue weighted by molar-refractivity contribution is -0.187. The van der Waals surface area contributed by atoms with Crippen molar-refractivity contribution in [2.24, 2.45) is 34.0 Å². The maximum absolute atomic E-state index is 14.3. The molecule has 39 heavy (non-hydrogen) atoms. The number of allylic oxidation sites excluding steroid dienone is 2. The summed E-state index contributed by atoms with van der Waals surface area (Å²) in [5.74, 6) is -1.79. The zero-order valence-corrected chi connectivity index (χ0v) is 23.7. The number of Topliss-reactive ketones (excluding diaryl/α,β-unsaturated/α-hetero) is 2. The molecule has 2 bridgehead atoms. The summed E-state index contributed by atoms with van der Waals surface area (Å²) < 4.78 is 11.9. The fourth-order valence-electron chi connectivity index (χ4n) is 8.48. The molecule has 0 saturated heterocycles. The molecule has 2 heterocycles. The lowest BCUT2D eigenvalue weighted by atomic mass is 9.35. The monoisotopic (exact) mass is 564 g/mol. The first kappa shape index (κ1) is 26.4. The van der Waals surface area contributed by atoms with Gasteiger partial charge in [0.05, 0.1) is 18.6 Å². The number of hydrogen-bond donors (Lipinski definition) is 0. The molecule has 2 aromatic heterocycles. The summed E-state index contributed by atoms with van der Waals surface area (Å²) in [6.07, 6.45) is 4.14. The van der Waals surface area contributed by atoms with Gasteiger partial charge >= 0.3 is 11.9 Å². The molecule has 204 valence electrons. The number of fused-ring (bicyclic) bond motifs is 3. The van der Waals surface area contributed by atoms with Crippen molar-refractivity contribution in [2.45, 2.75) is 45.4 Å². The average Bonchev–Trinajstić information content (AvgIpc) is 3.67. The summed E-state index contributed by atoms with van der Waals surface area (Å²) in [5.41, 5.74) is -1.53. The topological polar surface area (TPSA) is 86.7 Å². The molecule has 0 aliphatic heterocycles. The van der Waals surface area contributed by atoms with E-state index in [1.165, 1.54) is 22.7 Å². The van der Waals surface area contributed by atoms with Gasteiger partial charge in [-0.05, 0) is 78.0 Å². The third-order valence-corrected chi connectivity index (χ3v) is 11.7. The largest absolute Gasteiger partial charge is 0.461 e. The molecule has 0 N–H and O–H groups in total. The van der Waals surface area contributed by atoms with Crippen LogP contribution in [-0.2, 0) is 19.1 Å². The molecule has 6 atom stereocenters. The third kappa shape index (κ3) is 3.78. The minimum atomic E-state index is -1.19. The molecule has 0 amide bonds. The Morgan fingerprint density at radius 1 is 0.923 bits per heavy atom. The highest BCUT2D eigenvalue weighted by Crippen LogP contribution is 2.71. The Hall–Kier alpha value is -2.84. The van der Waals surface area contributed by atoms with Crippen LogP contribution in [0.1, 0.15) is 64.8 Å². The van der Waals surface area contributed by atoms with Gasteiger partial charge in [-0.1, -0.05) is 38.6 Å². The van der Waals surface area contributed by atoms with Gasteiger partial charge in [0.1, 0.15) is 9.75 Å². The fourth-order valence-corrected chi connectivity index (χ4v) is 9.71. The SMILES string of the molecule is C=C1C(=O)[C@@]23CC[C@@H](CC2[C@]2(COC(=O)c4cccs4)CCC[C@@](C)(COC(=O)c4cccs4)C12)C(=C)C3=O. The Balaban J connectivity index is 1.41.